The molecule has 8 nitrogen and oxygen atoms in total. The van der Waals surface area contributed by atoms with Crippen LogP contribution in [0.2, 0.25) is 5.02 Å². The minimum absolute atomic E-state index is 0.0663. The van der Waals surface area contributed by atoms with Gasteiger partial charge in [0.05, 0.1) is 16.9 Å². The number of aliphatic carboxylic acids is 1. The van der Waals surface area contributed by atoms with Gasteiger partial charge in [0, 0.05) is 24.2 Å². The summed E-state index contributed by atoms with van der Waals surface area (Å²) in [4.78, 5) is 31.4. The van der Waals surface area contributed by atoms with Gasteiger partial charge in [0.2, 0.25) is 5.95 Å². The van der Waals surface area contributed by atoms with E-state index in [4.69, 9.17) is 22.4 Å². The van der Waals surface area contributed by atoms with Gasteiger partial charge in [-0.1, -0.05) is 11.6 Å². The highest BCUT2D eigenvalue weighted by Crippen LogP contribution is 2.27. The predicted molar refractivity (Wildman–Crippen MR) is 84.5 cm³/mol. The first-order chi connectivity index (χ1) is 10.9. The number of anilines is 1. The van der Waals surface area contributed by atoms with Crippen molar-refractivity contribution in [3.8, 4) is 11.3 Å². The Bertz CT molecular complexity index is 978. The van der Waals surface area contributed by atoms with E-state index in [2.05, 4.69) is 9.97 Å². The standard InChI is InChI=1S/C14H12ClN5O3/c1-7(13(22)23)20-3-2-19-6-8(4-10(19)12(20)21)11-9(15)5-17-14(16)18-11/h2-7H,1H3,(H,22,23)(H2,16,17,18)/t7-/m1/s1. The topological polar surface area (TPSA) is 116 Å². The number of aromatic nitrogens is 4. The Morgan fingerprint density at radius 3 is 2.87 bits per heavy atom. The van der Waals surface area contributed by atoms with Crippen LogP contribution in [0.25, 0.3) is 16.8 Å². The first-order valence-electron chi connectivity index (χ1n) is 6.62. The number of carboxylic acid groups (broad SMARTS) is 1. The largest absolute Gasteiger partial charge is 0.480 e. The van der Waals surface area contributed by atoms with Gasteiger partial charge >= 0.3 is 5.97 Å². The zero-order valence-corrected chi connectivity index (χ0v) is 12.7. The molecular weight excluding hydrogens is 322 g/mol. The summed E-state index contributed by atoms with van der Waals surface area (Å²) in [6.07, 6.45) is 6.07. The molecule has 0 aromatic carbocycles. The van der Waals surface area contributed by atoms with Gasteiger partial charge in [-0.05, 0) is 13.0 Å². The third-order valence-electron chi connectivity index (χ3n) is 3.50. The molecule has 23 heavy (non-hydrogen) atoms. The fourth-order valence-corrected chi connectivity index (χ4v) is 2.45. The van der Waals surface area contributed by atoms with Crippen molar-refractivity contribution in [3.05, 3.63) is 46.2 Å². The highest BCUT2D eigenvalue weighted by molar-refractivity contribution is 6.32. The van der Waals surface area contributed by atoms with E-state index in [1.165, 1.54) is 19.3 Å². The number of nitrogens with zero attached hydrogens (tertiary/aromatic N) is 4. The fraction of sp³-hybridized carbons (Fsp3) is 0.143. The van der Waals surface area contributed by atoms with Crippen molar-refractivity contribution < 1.29 is 9.90 Å². The van der Waals surface area contributed by atoms with Gasteiger partial charge in [-0.3, -0.25) is 9.36 Å². The number of carboxylic acids is 1. The number of nitrogens with two attached hydrogens (primary N) is 1. The maximum atomic E-state index is 12.5. The lowest BCUT2D eigenvalue weighted by Crippen LogP contribution is -2.28. The van der Waals surface area contributed by atoms with Crippen LogP contribution in [0.15, 0.2) is 35.6 Å². The van der Waals surface area contributed by atoms with Crippen LogP contribution in [0.3, 0.4) is 0 Å². The molecule has 3 rings (SSSR count). The van der Waals surface area contributed by atoms with Gasteiger partial charge in [-0.2, -0.15) is 0 Å². The molecule has 3 aromatic rings. The molecule has 3 N–H and O–H groups in total. The van der Waals surface area contributed by atoms with Crippen LogP contribution in [0.4, 0.5) is 5.95 Å². The summed E-state index contributed by atoms with van der Waals surface area (Å²) in [5.41, 5.74) is 6.44. The zero-order valence-electron chi connectivity index (χ0n) is 12.0. The number of rotatable bonds is 3. The quantitative estimate of drug-likeness (QED) is 0.749. The fourth-order valence-electron chi connectivity index (χ4n) is 2.25. The number of carbonyl (C=O) groups is 1. The Balaban J connectivity index is 2.20. The van der Waals surface area contributed by atoms with Crippen molar-refractivity contribution >= 4 is 29.0 Å². The summed E-state index contributed by atoms with van der Waals surface area (Å²) >= 11 is 6.07. The molecule has 0 aliphatic heterocycles. The number of nitrogen functional groups attached to an aromatic ring is 1. The average Bonchev–Trinajstić information content (AvgIpc) is 2.94. The molecule has 0 aliphatic carbocycles. The molecule has 0 spiro atoms. The zero-order chi connectivity index (χ0) is 16.7. The lowest BCUT2D eigenvalue weighted by Gasteiger charge is -2.10. The molecular formula is C14H12ClN5O3. The van der Waals surface area contributed by atoms with Gasteiger partial charge in [-0.25, -0.2) is 14.8 Å². The molecule has 0 saturated carbocycles. The third kappa shape index (κ3) is 2.53. The lowest BCUT2D eigenvalue weighted by atomic mass is 10.2. The van der Waals surface area contributed by atoms with Crippen LogP contribution in [-0.4, -0.2) is 30.0 Å². The molecule has 0 bridgehead atoms. The molecule has 118 valence electrons. The second kappa shape index (κ2) is 5.40. The Kier molecular flexibility index (Phi) is 3.53. The van der Waals surface area contributed by atoms with Crippen LogP contribution in [0.1, 0.15) is 13.0 Å². The van der Waals surface area contributed by atoms with Crippen molar-refractivity contribution in [1.82, 2.24) is 18.9 Å². The number of fused-ring (bicyclic) bond motifs is 1. The Labute approximate surface area is 134 Å². The minimum Gasteiger partial charge on any atom is -0.480 e. The second-order valence-corrected chi connectivity index (χ2v) is 5.38. The number of hydrogen-bond donors (Lipinski definition) is 2. The van der Waals surface area contributed by atoms with Crippen molar-refractivity contribution in [1.29, 1.82) is 0 Å². The van der Waals surface area contributed by atoms with Crippen molar-refractivity contribution in [2.45, 2.75) is 13.0 Å². The first-order valence-corrected chi connectivity index (χ1v) is 7.00. The lowest BCUT2D eigenvalue weighted by molar-refractivity contribution is -0.140. The van der Waals surface area contributed by atoms with E-state index in [9.17, 15) is 9.59 Å². The van der Waals surface area contributed by atoms with Gasteiger partial charge < -0.3 is 15.2 Å². The smallest absolute Gasteiger partial charge is 0.326 e. The van der Waals surface area contributed by atoms with Crippen LogP contribution in [0.5, 0.6) is 0 Å². The maximum absolute atomic E-state index is 12.5. The van der Waals surface area contributed by atoms with E-state index in [0.717, 1.165) is 4.57 Å². The minimum atomic E-state index is -1.09. The molecule has 0 fully saturated rings. The monoisotopic (exact) mass is 333 g/mol. The van der Waals surface area contributed by atoms with Crippen molar-refractivity contribution in [2.24, 2.45) is 0 Å². The van der Waals surface area contributed by atoms with E-state index >= 15 is 0 Å². The van der Waals surface area contributed by atoms with Gasteiger partial charge in [0.25, 0.3) is 5.56 Å². The molecule has 0 radical (unpaired) electrons. The van der Waals surface area contributed by atoms with E-state index in [-0.39, 0.29) is 5.95 Å². The SMILES string of the molecule is C[C@H](C(=O)O)n1ccn2cc(-c3nc(N)ncc3Cl)cc2c1=O. The second-order valence-electron chi connectivity index (χ2n) is 4.97. The maximum Gasteiger partial charge on any atom is 0.326 e. The van der Waals surface area contributed by atoms with E-state index < -0.39 is 17.6 Å². The van der Waals surface area contributed by atoms with E-state index in [0.29, 0.717) is 21.8 Å². The Morgan fingerprint density at radius 1 is 1.43 bits per heavy atom. The summed E-state index contributed by atoms with van der Waals surface area (Å²) in [5.74, 6) is -1.02. The van der Waals surface area contributed by atoms with Gasteiger partial charge in [0.1, 0.15) is 11.6 Å². The molecule has 0 unspecified atom stereocenters. The summed E-state index contributed by atoms with van der Waals surface area (Å²) in [6.45, 7) is 1.44. The number of halogens is 1. The van der Waals surface area contributed by atoms with Crippen LogP contribution >= 0.6 is 11.6 Å². The molecule has 0 amide bonds. The Hall–Kier alpha value is -2.87. The van der Waals surface area contributed by atoms with Gasteiger partial charge in [0.15, 0.2) is 0 Å². The molecule has 1 atom stereocenters. The Morgan fingerprint density at radius 2 is 2.17 bits per heavy atom. The van der Waals surface area contributed by atoms with E-state index in [1.807, 2.05) is 0 Å². The number of hydrogen-bond acceptors (Lipinski definition) is 5. The average molecular weight is 334 g/mol. The normalized spacial score (nSPS) is 12.4. The van der Waals surface area contributed by atoms with E-state index in [1.54, 1.807) is 22.9 Å². The highest BCUT2D eigenvalue weighted by Gasteiger charge is 2.17. The molecule has 3 aromatic heterocycles. The molecule has 0 saturated heterocycles. The highest BCUT2D eigenvalue weighted by atomic mass is 35.5. The molecule has 0 aliphatic rings. The predicted octanol–water partition coefficient (Wildman–Crippen LogP) is 1.44. The van der Waals surface area contributed by atoms with Crippen LogP contribution in [0, 0.1) is 0 Å². The molecule has 9 heteroatoms. The first kappa shape index (κ1) is 15.0. The van der Waals surface area contributed by atoms with Crippen molar-refractivity contribution in [3.63, 3.8) is 0 Å². The summed E-state index contributed by atoms with van der Waals surface area (Å²) < 4.78 is 2.73. The third-order valence-corrected chi connectivity index (χ3v) is 3.78. The summed E-state index contributed by atoms with van der Waals surface area (Å²) in [7, 11) is 0. The summed E-state index contributed by atoms with van der Waals surface area (Å²) in [6, 6.07) is 0.616. The summed E-state index contributed by atoms with van der Waals surface area (Å²) in [5, 5.41) is 9.37. The van der Waals surface area contributed by atoms with Gasteiger partial charge in [-0.15, -0.1) is 0 Å². The molecule has 3 heterocycles. The van der Waals surface area contributed by atoms with Crippen LogP contribution < -0.4 is 11.3 Å². The van der Waals surface area contributed by atoms with Crippen molar-refractivity contribution in [2.75, 3.05) is 5.73 Å². The van der Waals surface area contributed by atoms with Crippen LogP contribution in [-0.2, 0) is 4.79 Å².